The molecule has 0 amide bonds. The van der Waals surface area contributed by atoms with Crippen LogP contribution in [0.1, 0.15) is 32.8 Å². The lowest BCUT2D eigenvalue weighted by Crippen LogP contribution is -2.42. The molecule has 0 atom stereocenters. The van der Waals surface area contributed by atoms with Gasteiger partial charge in [0.05, 0.1) is 0 Å². The van der Waals surface area contributed by atoms with Crippen LogP contribution in [-0.2, 0) is 6.42 Å². The van der Waals surface area contributed by atoms with Gasteiger partial charge in [-0.25, -0.2) is 0 Å². The first-order valence-electron chi connectivity index (χ1n) is 10.6. The molecule has 1 saturated heterocycles. The lowest BCUT2D eigenvalue weighted by molar-refractivity contribution is 0.280. The van der Waals surface area contributed by atoms with Crippen molar-refractivity contribution in [1.29, 1.82) is 0 Å². The van der Waals surface area contributed by atoms with Crippen LogP contribution < -0.4 is 10.6 Å². The van der Waals surface area contributed by atoms with Crippen molar-refractivity contribution >= 4 is 17.6 Å². The second-order valence-corrected chi connectivity index (χ2v) is 9.03. The molecule has 0 saturated carbocycles. The molecule has 158 valence electrons. The van der Waals surface area contributed by atoms with Crippen molar-refractivity contribution in [3.63, 3.8) is 0 Å². The standard InChI is InChI=1S/C22H38ClN5/c1-5-24-21(25-10-13-28-12-7-11-27(4)14-15-28)26-18-22(2,3)17-19-8-6-9-20(23)16-19/h6,8-9,16H,5,7,10-15,17-18H2,1-4H3,(H2,24,25,26). The summed E-state index contributed by atoms with van der Waals surface area (Å²) >= 11 is 6.13. The normalized spacial score (nSPS) is 17.4. The van der Waals surface area contributed by atoms with Crippen LogP contribution in [0.15, 0.2) is 29.3 Å². The van der Waals surface area contributed by atoms with Crippen LogP contribution in [-0.4, -0.2) is 75.2 Å². The third kappa shape index (κ3) is 8.80. The molecule has 1 aliphatic heterocycles. The van der Waals surface area contributed by atoms with E-state index < -0.39 is 0 Å². The average molecular weight is 408 g/mol. The summed E-state index contributed by atoms with van der Waals surface area (Å²) in [4.78, 5) is 9.81. The first-order chi connectivity index (χ1) is 13.4. The second kappa shape index (κ2) is 11.6. The van der Waals surface area contributed by atoms with E-state index in [0.29, 0.717) is 0 Å². The number of aliphatic imine (C=N–C) groups is 1. The zero-order valence-corrected chi connectivity index (χ0v) is 18.9. The highest BCUT2D eigenvalue weighted by Gasteiger charge is 2.19. The highest BCUT2D eigenvalue weighted by atomic mass is 35.5. The summed E-state index contributed by atoms with van der Waals surface area (Å²) < 4.78 is 0. The molecule has 1 heterocycles. The molecular weight excluding hydrogens is 370 g/mol. The first kappa shape index (κ1) is 23.0. The number of benzene rings is 1. The number of nitrogens with one attached hydrogen (secondary N) is 2. The van der Waals surface area contributed by atoms with Crippen molar-refractivity contribution < 1.29 is 0 Å². The van der Waals surface area contributed by atoms with E-state index in [1.54, 1.807) is 0 Å². The fourth-order valence-corrected chi connectivity index (χ4v) is 3.76. The van der Waals surface area contributed by atoms with Gasteiger partial charge in [0.25, 0.3) is 0 Å². The molecule has 0 unspecified atom stereocenters. The Hall–Kier alpha value is -1.30. The molecule has 1 fully saturated rings. The van der Waals surface area contributed by atoms with Crippen LogP contribution in [0.25, 0.3) is 0 Å². The number of guanidine groups is 1. The Morgan fingerprint density at radius 1 is 1.18 bits per heavy atom. The molecule has 2 rings (SSSR count). The smallest absolute Gasteiger partial charge is 0.191 e. The number of nitrogens with zero attached hydrogens (tertiary/aromatic N) is 3. The highest BCUT2D eigenvalue weighted by molar-refractivity contribution is 6.30. The second-order valence-electron chi connectivity index (χ2n) is 8.59. The lowest BCUT2D eigenvalue weighted by Gasteiger charge is -2.24. The third-order valence-corrected chi connectivity index (χ3v) is 5.35. The minimum atomic E-state index is 0.0718. The summed E-state index contributed by atoms with van der Waals surface area (Å²) in [6.07, 6.45) is 2.21. The summed E-state index contributed by atoms with van der Waals surface area (Å²) in [5.41, 5.74) is 1.33. The van der Waals surface area contributed by atoms with E-state index in [-0.39, 0.29) is 5.41 Å². The van der Waals surface area contributed by atoms with Gasteiger partial charge in [-0.15, -0.1) is 0 Å². The summed E-state index contributed by atoms with van der Waals surface area (Å²) in [5, 5.41) is 7.68. The monoisotopic (exact) mass is 407 g/mol. The molecule has 1 aromatic carbocycles. The third-order valence-electron chi connectivity index (χ3n) is 5.11. The molecule has 1 aliphatic rings. The maximum atomic E-state index is 6.13. The van der Waals surface area contributed by atoms with Crippen molar-refractivity contribution in [3.8, 4) is 0 Å². The zero-order chi connectivity index (χ0) is 20.4. The summed E-state index contributed by atoms with van der Waals surface area (Å²) in [7, 11) is 2.21. The highest BCUT2D eigenvalue weighted by Crippen LogP contribution is 2.23. The molecule has 5 nitrogen and oxygen atoms in total. The van der Waals surface area contributed by atoms with Gasteiger partial charge in [0.15, 0.2) is 5.96 Å². The molecule has 2 N–H and O–H groups in total. The SMILES string of the molecule is CCNC(=NCC(C)(C)Cc1cccc(Cl)c1)NCCN1CCCN(C)CC1. The maximum Gasteiger partial charge on any atom is 0.191 e. The van der Waals surface area contributed by atoms with Crippen molar-refractivity contribution in [2.75, 3.05) is 59.4 Å². The van der Waals surface area contributed by atoms with Crippen LogP contribution in [0, 0.1) is 5.41 Å². The van der Waals surface area contributed by atoms with Crippen LogP contribution in [0.4, 0.5) is 0 Å². The van der Waals surface area contributed by atoms with Crippen molar-refractivity contribution in [1.82, 2.24) is 20.4 Å². The van der Waals surface area contributed by atoms with E-state index in [9.17, 15) is 0 Å². The van der Waals surface area contributed by atoms with Crippen molar-refractivity contribution in [2.45, 2.75) is 33.6 Å². The molecule has 28 heavy (non-hydrogen) atoms. The van der Waals surface area contributed by atoms with Crippen LogP contribution in [0.3, 0.4) is 0 Å². The van der Waals surface area contributed by atoms with Gasteiger partial charge in [0.2, 0.25) is 0 Å². The summed E-state index contributed by atoms with van der Waals surface area (Å²) in [6, 6.07) is 8.13. The van der Waals surface area contributed by atoms with Gasteiger partial charge in [-0.2, -0.15) is 0 Å². The van der Waals surface area contributed by atoms with Gasteiger partial charge >= 0.3 is 0 Å². The Bertz CT molecular complexity index is 617. The topological polar surface area (TPSA) is 42.9 Å². The maximum absolute atomic E-state index is 6.13. The van der Waals surface area contributed by atoms with E-state index in [0.717, 1.165) is 56.7 Å². The van der Waals surface area contributed by atoms with E-state index in [4.69, 9.17) is 16.6 Å². The Balaban J connectivity index is 1.83. The van der Waals surface area contributed by atoms with E-state index >= 15 is 0 Å². The minimum absolute atomic E-state index is 0.0718. The Kier molecular flexibility index (Phi) is 9.56. The molecule has 0 spiro atoms. The van der Waals surface area contributed by atoms with Gasteiger partial charge in [-0.3, -0.25) is 4.99 Å². The summed E-state index contributed by atoms with van der Waals surface area (Å²) in [5.74, 6) is 0.911. The largest absolute Gasteiger partial charge is 0.357 e. The minimum Gasteiger partial charge on any atom is -0.357 e. The van der Waals surface area contributed by atoms with E-state index in [1.165, 1.54) is 25.1 Å². The molecular formula is C22H38ClN5. The molecule has 0 bridgehead atoms. The van der Waals surface area contributed by atoms with Gasteiger partial charge < -0.3 is 20.4 Å². The number of hydrogen-bond acceptors (Lipinski definition) is 3. The predicted octanol–water partition coefficient (Wildman–Crippen LogP) is 3.10. The number of halogens is 1. The van der Waals surface area contributed by atoms with Gasteiger partial charge in [0, 0.05) is 44.3 Å². The first-order valence-corrected chi connectivity index (χ1v) is 10.9. The van der Waals surface area contributed by atoms with E-state index in [2.05, 4.69) is 60.4 Å². The molecule has 1 aromatic rings. The Morgan fingerprint density at radius 3 is 2.75 bits per heavy atom. The van der Waals surface area contributed by atoms with Crippen LogP contribution >= 0.6 is 11.6 Å². The molecule has 6 heteroatoms. The quantitative estimate of drug-likeness (QED) is 0.513. The Morgan fingerprint density at radius 2 is 2.00 bits per heavy atom. The van der Waals surface area contributed by atoms with Crippen molar-refractivity contribution in [3.05, 3.63) is 34.9 Å². The fourth-order valence-electron chi connectivity index (χ4n) is 3.55. The van der Waals surface area contributed by atoms with Crippen LogP contribution in [0.5, 0.6) is 0 Å². The van der Waals surface area contributed by atoms with Gasteiger partial charge in [0.1, 0.15) is 0 Å². The average Bonchev–Trinajstić information content (AvgIpc) is 2.84. The van der Waals surface area contributed by atoms with Crippen LogP contribution in [0.2, 0.25) is 5.02 Å². The molecule has 0 aliphatic carbocycles. The summed E-state index contributed by atoms with van der Waals surface area (Å²) in [6.45, 7) is 14.9. The zero-order valence-electron chi connectivity index (χ0n) is 18.1. The fraction of sp³-hybridized carbons (Fsp3) is 0.682. The van der Waals surface area contributed by atoms with Crippen molar-refractivity contribution in [2.24, 2.45) is 10.4 Å². The number of likely N-dealkylation sites (N-methyl/N-ethyl adjacent to an activating group) is 1. The predicted molar refractivity (Wildman–Crippen MR) is 121 cm³/mol. The molecule has 0 radical (unpaired) electrons. The number of rotatable bonds is 8. The van der Waals surface area contributed by atoms with Gasteiger partial charge in [-0.05, 0) is 63.0 Å². The number of hydrogen-bond donors (Lipinski definition) is 2. The van der Waals surface area contributed by atoms with Gasteiger partial charge in [-0.1, -0.05) is 37.6 Å². The van der Waals surface area contributed by atoms with E-state index in [1.807, 2.05) is 12.1 Å². The lowest BCUT2D eigenvalue weighted by atomic mass is 9.86. The Labute approximate surface area is 176 Å². The molecule has 0 aromatic heterocycles.